The number of rotatable bonds is 7. The van der Waals surface area contributed by atoms with Gasteiger partial charge in [0.15, 0.2) is 0 Å². The summed E-state index contributed by atoms with van der Waals surface area (Å²) in [7, 11) is -4.16. The third-order valence-electron chi connectivity index (χ3n) is 1.85. The van der Waals surface area contributed by atoms with Crippen molar-refractivity contribution < 1.29 is 27.6 Å². The van der Waals surface area contributed by atoms with Crippen molar-refractivity contribution in [1.82, 2.24) is 0 Å². The van der Waals surface area contributed by atoms with E-state index in [1.807, 2.05) is 0 Å². The van der Waals surface area contributed by atoms with Crippen LogP contribution in [-0.2, 0) is 14.9 Å². The van der Waals surface area contributed by atoms with E-state index in [0.717, 1.165) is 0 Å². The Morgan fingerprint density at radius 3 is 2.17 bits per heavy atom. The van der Waals surface area contributed by atoms with Gasteiger partial charge >= 0.3 is 29.6 Å². The summed E-state index contributed by atoms with van der Waals surface area (Å²) >= 11 is 0. The van der Waals surface area contributed by atoms with Gasteiger partial charge in [-0.15, -0.1) is 0 Å². The van der Waals surface area contributed by atoms with Crippen LogP contribution in [0.3, 0.4) is 0 Å². The summed E-state index contributed by atoms with van der Waals surface area (Å²) in [5.74, 6) is 0.477. The molecule has 0 heterocycles. The predicted molar refractivity (Wildman–Crippen MR) is 66.8 cm³/mol. The van der Waals surface area contributed by atoms with Crippen LogP contribution in [0.1, 0.15) is 0 Å². The molecule has 0 saturated heterocycles. The van der Waals surface area contributed by atoms with Crippen LogP contribution in [0.4, 0.5) is 0 Å². The van der Waals surface area contributed by atoms with E-state index in [1.165, 1.54) is 24.3 Å². The van der Waals surface area contributed by atoms with Gasteiger partial charge in [-0.05, 0) is 24.3 Å². The molecule has 2 N–H and O–H groups in total. The van der Waals surface area contributed by atoms with Crippen molar-refractivity contribution in [2.75, 3.05) is 26.4 Å². The van der Waals surface area contributed by atoms with Crippen LogP contribution in [-0.4, -0.2) is 74.1 Å². The van der Waals surface area contributed by atoms with Crippen molar-refractivity contribution in [2.24, 2.45) is 0 Å². The molecular weight excluding hydrogens is 271 g/mol. The van der Waals surface area contributed by atoms with Crippen LogP contribution in [0.2, 0.25) is 0 Å². The molecule has 0 fully saturated rings. The van der Waals surface area contributed by atoms with E-state index >= 15 is 0 Å². The minimum absolute atomic E-state index is 0. The molecule has 0 unspecified atom stereocenters. The van der Waals surface area contributed by atoms with E-state index in [-0.39, 0.29) is 47.7 Å². The Hall–Kier alpha value is -0.150. The maximum atomic E-state index is 10.7. The van der Waals surface area contributed by atoms with Crippen LogP contribution in [0.5, 0.6) is 5.75 Å². The fourth-order valence-electron chi connectivity index (χ4n) is 1.09. The predicted octanol–water partition coefficient (Wildman–Crippen LogP) is -0.328. The van der Waals surface area contributed by atoms with Gasteiger partial charge in [0.1, 0.15) is 12.4 Å². The normalized spacial score (nSPS) is 10.8. The molecular formula is C10H15NaO6S. The monoisotopic (exact) mass is 286 g/mol. The molecule has 0 radical (unpaired) electrons. The molecule has 1 aromatic rings. The summed E-state index contributed by atoms with van der Waals surface area (Å²) in [5.41, 5.74) is 0. The molecule has 1 aromatic carbocycles. The third-order valence-corrected chi connectivity index (χ3v) is 2.72. The number of aliphatic hydroxyl groups is 1. The number of hydrogen-bond donors (Lipinski definition) is 2. The first-order chi connectivity index (χ1) is 8.04. The molecule has 8 heteroatoms. The number of ether oxygens (including phenoxy) is 2. The molecule has 0 saturated carbocycles. The van der Waals surface area contributed by atoms with E-state index < -0.39 is 10.1 Å². The molecule has 0 atom stereocenters. The fourth-order valence-corrected chi connectivity index (χ4v) is 1.57. The number of aliphatic hydroxyl groups excluding tert-OH is 1. The Kier molecular flexibility index (Phi) is 8.79. The molecule has 0 amide bonds. The van der Waals surface area contributed by atoms with Crippen LogP contribution >= 0.6 is 0 Å². The summed E-state index contributed by atoms with van der Waals surface area (Å²) < 4.78 is 40.4. The van der Waals surface area contributed by atoms with Crippen molar-refractivity contribution in [1.29, 1.82) is 0 Å². The van der Waals surface area contributed by atoms with E-state index in [4.69, 9.17) is 19.1 Å². The van der Waals surface area contributed by atoms with Gasteiger partial charge in [0.25, 0.3) is 10.1 Å². The van der Waals surface area contributed by atoms with Crippen molar-refractivity contribution in [2.45, 2.75) is 4.90 Å². The first-order valence-electron chi connectivity index (χ1n) is 4.93. The summed E-state index contributed by atoms with van der Waals surface area (Å²) in [5, 5.41) is 8.44. The average Bonchev–Trinajstić information content (AvgIpc) is 2.28. The summed E-state index contributed by atoms with van der Waals surface area (Å²) in [6.07, 6.45) is 0. The van der Waals surface area contributed by atoms with E-state index in [2.05, 4.69) is 0 Å². The van der Waals surface area contributed by atoms with Gasteiger partial charge in [-0.3, -0.25) is 4.55 Å². The minimum atomic E-state index is -4.16. The summed E-state index contributed by atoms with van der Waals surface area (Å²) in [4.78, 5) is -0.179. The van der Waals surface area contributed by atoms with Gasteiger partial charge < -0.3 is 14.6 Å². The van der Waals surface area contributed by atoms with Crippen molar-refractivity contribution in [3.63, 3.8) is 0 Å². The first-order valence-corrected chi connectivity index (χ1v) is 6.37. The van der Waals surface area contributed by atoms with Crippen LogP contribution in [0, 0.1) is 0 Å². The Bertz CT molecular complexity index is 430. The van der Waals surface area contributed by atoms with Gasteiger partial charge in [0, 0.05) is 0 Å². The molecule has 0 aromatic heterocycles. The molecule has 98 valence electrons. The maximum absolute atomic E-state index is 10.7. The summed E-state index contributed by atoms with van der Waals surface area (Å²) in [6, 6.07) is 5.38. The van der Waals surface area contributed by atoms with Gasteiger partial charge in [-0.1, -0.05) is 0 Å². The SMILES string of the molecule is O=S(=O)(O)c1ccc(OCCOCCO)cc1.[NaH]. The molecule has 0 spiro atoms. The zero-order valence-corrected chi connectivity index (χ0v) is 9.89. The Morgan fingerprint density at radius 2 is 1.67 bits per heavy atom. The molecule has 0 aliphatic heterocycles. The Morgan fingerprint density at radius 1 is 1.06 bits per heavy atom. The van der Waals surface area contributed by atoms with Gasteiger partial charge in [0.2, 0.25) is 0 Å². The van der Waals surface area contributed by atoms with Crippen molar-refractivity contribution in [3.8, 4) is 5.75 Å². The average molecular weight is 286 g/mol. The first kappa shape index (κ1) is 17.8. The van der Waals surface area contributed by atoms with Crippen LogP contribution < -0.4 is 4.74 Å². The second-order valence-electron chi connectivity index (χ2n) is 3.13. The fraction of sp³-hybridized carbons (Fsp3) is 0.400. The third kappa shape index (κ3) is 6.69. The topological polar surface area (TPSA) is 93.1 Å². The molecule has 18 heavy (non-hydrogen) atoms. The number of hydrogen-bond acceptors (Lipinski definition) is 5. The molecule has 1 rings (SSSR count). The Labute approximate surface area is 128 Å². The van der Waals surface area contributed by atoms with Gasteiger partial charge in [-0.2, -0.15) is 8.42 Å². The zero-order chi connectivity index (χ0) is 12.7. The van der Waals surface area contributed by atoms with Crippen LogP contribution in [0.25, 0.3) is 0 Å². The van der Waals surface area contributed by atoms with Gasteiger partial charge in [-0.25, -0.2) is 0 Å². The molecule has 0 aliphatic rings. The molecule has 6 nitrogen and oxygen atoms in total. The second kappa shape index (κ2) is 8.87. The molecule has 0 bridgehead atoms. The number of benzene rings is 1. The van der Waals surface area contributed by atoms with Crippen LogP contribution in [0.15, 0.2) is 29.2 Å². The van der Waals surface area contributed by atoms with Gasteiger partial charge in [0.05, 0.1) is 24.7 Å². The van der Waals surface area contributed by atoms with E-state index in [1.54, 1.807) is 0 Å². The zero-order valence-electron chi connectivity index (χ0n) is 9.07. The van der Waals surface area contributed by atoms with E-state index in [0.29, 0.717) is 19.0 Å². The quantitative estimate of drug-likeness (QED) is 0.405. The second-order valence-corrected chi connectivity index (χ2v) is 4.55. The molecule has 0 aliphatic carbocycles. The van der Waals surface area contributed by atoms with E-state index in [9.17, 15) is 8.42 Å². The van der Waals surface area contributed by atoms with Crippen molar-refractivity contribution >= 4 is 39.7 Å². The standard InChI is InChI=1S/C10H14O6S.Na.H/c11-5-6-15-7-8-16-9-1-3-10(4-2-9)17(12,13)14;;/h1-4,11H,5-8H2,(H,12,13,14);;. The summed E-state index contributed by atoms with van der Waals surface area (Å²) in [6.45, 7) is 0.847. The van der Waals surface area contributed by atoms with Crippen molar-refractivity contribution in [3.05, 3.63) is 24.3 Å². The Balaban J connectivity index is 0.00000289.